The molecule has 0 saturated carbocycles. The molecule has 0 fully saturated rings. The number of methoxy groups -OCH3 is 1. The predicted octanol–water partition coefficient (Wildman–Crippen LogP) is 2.54. The van der Waals surface area contributed by atoms with Gasteiger partial charge in [-0.25, -0.2) is 0 Å². The zero-order chi connectivity index (χ0) is 17.4. The van der Waals surface area contributed by atoms with Crippen molar-refractivity contribution < 1.29 is 14.3 Å². The van der Waals surface area contributed by atoms with Crippen LogP contribution in [0.1, 0.15) is 22.2 Å². The van der Waals surface area contributed by atoms with Crippen molar-refractivity contribution in [1.82, 2.24) is 10.2 Å². The molecule has 0 aliphatic heterocycles. The van der Waals surface area contributed by atoms with Crippen molar-refractivity contribution in [2.75, 3.05) is 20.3 Å². The maximum absolute atomic E-state index is 12.7. The topological polar surface area (TPSA) is 58.6 Å². The number of ether oxygens (including phenoxy) is 1. The second kappa shape index (κ2) is 9.20. The molecule has 1 aromatic heterocycles. The first-order valence-corrected chi connectivity index (χ1v) is 8.65. The van der Waals surface area contributed by atoms with Gasteiger partial charge in [-0.15, -0.1) is 11.3 Å². The summed E-state index contributed by atoms with van der Waals surface area (Å²) in [5.74, 6) is -0.349. The fourth-order valence-electron chi connectivity index (χ4n) is 2.28. The predicted molar refractivity (Wildman–Crippen MR) is 95.0 cm³/mol. The molecule has 1 heterocycles. The Labute approximate surface area is 146 Å². The Kier molecular flexibility index (Phi) is 6.96. The summed E-state index contributed by atoms with van der Waals surface area (Å²) in [4.78, 5) is 27.1. The van der Waals surface area contributed by atoms with Crippen molar-refractivity contribution in [2.45, 2.75) is 19.5 Å². The van der Waals surface area contributed by atoms with Gasteiger partial charge < -0.3 is 15.0 Å². The van der Waals surface area contributed by atoms with E-state index in [0.717, 1.165) is 5.56 Å². The summed E-state index contributed by atoms with van der Waals surface area (Å²) < 4.78 is 5.10. The van der Waals surface area contributed by atoms with E-state index in [1.54, 1.807) is 25.0 Å². The number of amides is 2. The maximum Gasteiger partial charge on any atom is 0.261 e. The highest BCUT2D eigenvalue weighted by Crippen LogP contribution is 2.10. The minimum atomic E-state index is -0.597. The zero-order valence-electron chi connectivity index (χ0n) is 13.9. The largest absolute Gasteiger partial charge is 0.383 e. The smallest absolute Gasteiger partial charge is 0.261 e. The Hall–Kier alpha value is -2.18. The molecule has 0 aliphatic rings. The molecule has 0 radical (unpaired) electrons. The molecule has 2 amide bonds. The third-order valence-corrected chi connectivity index (χ3v) is 4.42. The van der Waals surface area contributed by atoms with Gasteiger partial charge in [-0.2, -0.15) is 0 Å². The molecule has 1 atom stereocenters. The van der Waals surface area contributed by atoms with Crippen molar-refractivity contribution in [1.29, 1.82) is 0 Å². The molecule has 1 N–H and O–H groups in total. The van der Waals surface area contributed by atoms with Gasteiger partial charge in [0, 0.05) is 20.2 Å². The number of nitrogens with zero attached hydrogens (tertiary/aromatic N) is 1. The number of nitrogens with one attached hydrogen (secondary N) is 1. The van der Waals surface area contributed by atoms with Gasteiger partial charge in [0.25, 0.3) is 5.91 Å². The van der Waals surface area contributed by atoms with Crippen LogP contribution in [0.4, 0.5) is 0 Å². The molecular weight excluding hydrogens is 324 g/mol. The molecule has 2 rings (SSSR count). The molecular formula is C18H22N2O3S. The van der Waals surface area contributed by atoms with E-state index >= 15 is 0 Å². The molecule has 2 aromatic rings. The fourth-order valence-corrected chi connectivity index (χ4v) is 2.91. The van der Waals surface area contributed by atoms with Crippen LogP contribution < -0.4 is 5.32 Å². The van der Waals surface area contributed by atoms with E-state index in [1.807, 2.05) is 41.8 Å². The zero-order valence-corrected chi connectivity index (χ0v) is 14.7. The molecule has 5 nitrogen and oxygen atoms in total. The van der Waals surface area contributed by atoms with Gasteiger partial charge in [-0.05, 0) is 23.9 Å². The first kappa shape index (κ1) is 18.2. The number of rotatable bonds is 8. The number of carbonyl (C=O) groups is 2. The summed E-state index contributed by atoms with van der Waals surface area (Å²) in [7, 11) is 1.60. The lowest BCUT2D eigenvalue weighted by atomic mass is 10.2. The van der Waals surface area contributed by atoms with Crippen molar-refractivity contribution >= 4 is 23.2 Å². The summed E-state index contributed by atoms with van der Waals surface area (Å²) in [6, 6.07) is 12.7. The van der Waals surface area contributed by atoms with Crippen molar-refractivity contribution in [3.63, 3.8) is 0 Å². The van der Waals surface area contributed by atoms with E-state index < -0.39 is 6.04 Å². The van der Waals surface area contributed by atoms with Crippen molar-refractivity contribution in [3.05, 3.63) is 58.3 Å². The van der Waals surface area contributed by atoms with Crippen LogP contribution in [0.5, 0.6) is 0 Å². The molecule has 0 bridgehead atoms. The molecule has 24 heavy (non-hydrogen) atoms. The van der Waals surface area contributed by atoms with E-state index in [2.05, 4.69) is 5.32 Å². The molecule has 6 heteroatoms. The van der Waals surface area contributed by atoms with Gasteiger partial charge >= 0.3 is 0 Å². The normalized spacial score (nSPS) is 11.8. The Balaban J connectivity index is 2.01. The molecule has 0 spiro atoms. The minimum Gasteiger partial charge on any atom is -0.383 e. The highest BCUT2D eigenvalue weighted by atomic mass is 32.1. The number of hydrogen-bond acceptors (Lipinski definition) is 4. The van der Waals surface area contributed by atoms with E-state index in [1.165, 1.54) is 11.3 Å². The molecule has 1 unspecified atom stereocenters. The van der Waals surface area contributed by atoms with Crippen LogP contribution in [-0.4, -0.2) is 43.0 Å². The lowest BCUT2D eigenvalue weighted by Crippen LogP contribution is -2.47. The van der Waals surface area contributed by atoms with Crippen LogP contribution in [-0.2, 0) is 16.1 Å². The highest BCUT2D eigenvalue weighted by Gasteiger charge is 2.22. The summed E-state index contributed by atoms with van der Waals surface area (Å²) in [6.07, 6.45) is 0. The van der Waals surface area contributed by atoms with Gasteiger partial charge in [0.1, 0.15) is 6.04 Å². The van der Waals surface area contributed by atoms with Crippen LogP contribution >= 0.6 is 11.3 Å². The summed E-state index contributed by atoms with van der Waals surface area (Å²) in [6.45, 7) is 3.12. The lowest BCUT2D eigenvalue weighted by Gasteiger charge is -2.26. The molecule has 128 valence electrons. The first-order valence-electron chi connectivity index (χ1n) is 7.78. The van der Waals surface area contributed by atoms with Gasteiger partial charge in [0.2, 0.25) is 5.91 Å². The van der Waals surface area contributed by atoms with E-state index in [0.29, 0.717) is 24.6 Å². The van der Waals surface area contributed by atoms with Gasteiger partial charge in [-0.3, -0.25) is 9.59 Å². The second-order valence-corrected chi connectivity index (χ2v) is 6.36. The summed E-state index contributed by atoms with van der Waals surface area (Å²) >= 11 is 1.35. The van der Waals surface area contributed by atoms with Gasteiger partial charge in [0.05, 0.1) is 11.5 Å². The minimum absolute atomic E-state index is 0.124. The molecule has 0 saturated heterocycles. The summed E-state index contributed by atoms with van der Waals surface area (Å²) in [5, 5.41) is 4.60. The van der Waals surface area contributed by atoms with Crippen molar-refractivity contribution in [3.8, 4) is 0 Å². The Morgan fingerprint density at radius 3 is 2.58 bits per heavy atom. The Morgan fingerprint density at radius 2 is 1.96 bits per heavy atom. The van der Waals surface area contributed by atoms with Crippen molar-refractivity contribution in [2.24, 2.45) is 0 Å². The highest BCUT2D eigenvalue weighted by molar-refractivity contribution is 7.12. The lowest BCUT2D eigenvalue weighted by molar-refractivity contribution is -0.134. The van der Waals surface area contributed by atoms with Crippen LogP contribution in [0, 0.1) is 0 Å². The standard InChI is InChI=1S/C18H22N2O3S/c1-14(19-17(21)16-9-6-12-24-16)18(22)20(10-11-23-2)13-15-7-4-3-5-8-15/h3-9,12,14H,10-11,13H2,1-2H3,(H,19,21). The number of thiophene rings is 1. The number of hydrogen-bond donors (Lipinski definition) is 1. The average Bonchev–Trinajstić information content (AvgIpc) is 3.13. The number of carbonyl (C=O) groups excluding carboxylic acids is 2. The van der Waals surface area contributed by atoms with Crippen LogP contribution in [0.2, 0.25) is 0 Å². The van der Waals surface area contributed by atoms with Crippen LogP contribution in [0.15, 0.2) is 47.8 Å². The quantitative estimate of drug-likeness (QED) is 0.799. The molecule has 0 aliphatic carbocycles. The van der Waals surface area contributed by atoms with E-state index in [9.17, 15) is 9.59 Å². The third-order valence-electron chi connectivity index (χ3n) is 3.56. The average molecular weight is 346 g/mol. The Morgan fingerprint density at radius 1 is 1.21 bits per heavy atom. The number of benzene rings is 1. The first-order chi connectivity index (χ1) is 11.6. The van der Waals surface area contributed by atoms with Crippen LogP contribution in [0.3, 0.4) is 0 Å². The van der Waals surface area contributed by atoms with Gasteiger partial charge in [0.15, 0.2) is 0 Å². The monoisotopic (exact) mass is 346 g/mol. The maximum atomic E-state index is 12.7. The second-order valence-electron chi connectivity index (χ2n) is 5.41. The SMILES string of the molecule is COCCN(Cc1ccccc1)C(=O)C(C)NC(=O)c1cccs1. The van der Waals surface area contributed by atoms with Crippen LogP contribution in [0.25, 0.3) is 0 Å². The third kappa shape index (κ3) is 5.18. The van der Waals surface area contributed by atoms with E-state index in [4.69, 9.17) is 4.74 Å². The summed E-state index contributed by atoms with van der Waals surface area (Å²) in [5.41, 5.74) is 1.04. The fraction of sp³-hybridized carbons (Fsp3) is 0.333. The Bertz CT molecular complexity index is 644. The van der Waals surface area contributed by atoms with E-state index in [-0.39, 0.29) is 11.8 Å². The molecule has 1 aromatic carbocycles. The van der Waals surface area contributed by atoms with Gasteiger partial charge in [-0.1, -0.05) is 36.4 Å².